The van der Waals surface area contributed by atoms with Crippen LogP contribution in [0.15, 0.2) is 0 Å². The van der Waals surface area contributed by atoms with Gasteiger partial charge in [-0.3, -0.25) is 9.69 Å². The summed E-state index contributed by atoms with van der Waals surface area (Å²) >= 11 is 0. The molecule has 0 spiro atoms. The monoisotopic (exact) mass is 332 g/mol. The Morgan fingerprint density at radius 1 is 1.05 bits per heavy atom. The van der Waals surface area contributed by atoms with Gasteiger partial charge in [0.1, 0.15) is 0 Å². The Hall–Kier alpha value is -0.700. The van der Waals surface area contributed by atoms with E-state index in [1.54, 1.807) is 8.61 Å². The highest BCUT2D eigenvalue weighted by Gasteiger charge is 2.33. The Bertz CT molecular complexity index is 468. The second-order valence-electron chi connectivity index (χ2n) is 6.17. The number of nitrogens with one attached hydrogen (secondary N) is 1. The van der Waals surface area contributed by atoms with E-state index < -0.39 is 10.2 Å². The van der Waals surface area contributed by atoms with Crippen LogP contribution in [0.25, 0.3) is 0 Å². The van der Waals surface area contributed by atoms with Gasteiger partial charge in [0, 0.05) is 45.3 Å². The number of hydrogen-bond acceptors (Lipinski definition) is 4. The van der Waals surface area contributed by atoms with Gasteiger partial charge in [0.05, 0.1) is 6.54 Å². The fraction of sp³-hybridized carbons (Fsp3) is 0.929. The van der Waals surface area contributed by atoms with Crippen molar-refractivity contribution in [2.45, 2.75) is 39.2 Å². The molecule has 1 amide bonds. The molecule has 8 heteroatoms. The minimum atomic E-state index is -3.30. The summed E-state index contributed by atoms with van der Waals surface area (Å²) in [6.45, 7) is 7.81. The van der Waals surface area contributed by atoms with Gasteiger partial charge in [-0.2, -0.15) is 17.0 Å². The van der Waals surface area contributed by atoms with Gasteiger partial charge in [-0.1, -0.05) is 6.92 Å². The van der Waals surface area contributed by atoms with Crippen LogP contribution >= 0.6 is 0 Å². The summed E-state index contributed by atoms with van der Waals surface area (Å²) in [6, 6.07) is 0.185. The molecule has 7 nitrogen and oxygen atoms in total. The molecule has 22 heavy (non-hydrogen) atoms. The van der Waals surface area contributed by atoms with E-state index >= 15 is 0 Å². The lowest BCUT2D eigenvalue weighted by molar-refractivity contribution is -0.123. The summed E-state index contributed by atoms with van der Waals surface area (Å²) in [4.78, 5) is 13.9. The van der Waals surface area contributed by atoms with Crippen molar-refractivity contribution in [1.29, 1.82) is 0 Å². The van der Waals surface area contributed by atoms with Crippen LogP contribution in [-0.2, 0) is 15.0 Å². The van der Waals surface area contributed by atoms with Crippen LogP contribution in [0.5, 0.6) is 0 Å². The molecule has 2 rings (SSSR count). The number of carbonyl (C=O) groups is 1. The maximum absolute atomic E-state index is 12.5. The first kappa shape index (κ1) is 17.7. The molecule has 1 N–H and O–H groups in total. The van der Waals surface area contributed by atoms with Crippen LogP contribution in [0.3, 0.4) is 0 Å². The summed E-state index contributed by atoms with van der Waals surface area (Å²) in [5, 5.41) is 2.94. The van der Waals surface area contributed by atoms with Crippen molar-refractivity contribution in [3.8, 4) is 0 Å². The zero-order chi connectivity index (χ0) is 16.2. The summed E-state index contributed by atoms with van der Waals surface area (Å²) in [5.74, 6) is 0.0187. The quantitative estimate of drug-likeness (QED) is 0.735. The summed E-state index contributed by atoms with van der Waals surface area (Å²) < 4.78 is 28.0. The minimum Gasteiger partial charge on any atom is -0.353 e. The second-order valence-corrected chi connectivity index (χ2v) is 8.09. The Morgan fingerprint density at radius 2 is 1.59 bits per heavy atom. The molecule has 2 saturated heterocycles. The van der Waals surface area contributed by atoms with Crippen LogP contribution in [0.1, 0.15) is 33.1 Å². The lowest BCUT2D eigenvalue weighted by Gasteiger charge is -2.35. The van der Waals surface area contributed by atoms with Gasteiger partial charge >= 0.3 is 0 Å². The average molecular weight is 332 g/mol. The van der Waals surface area contributed by atoms with Gasteiger partial charge in [-0.05, 0) is 26.2 Å². The molecule has 2 aliphatic rings. The van der Waals surface area contributed by atoms with Gasteiger partial charge in [-0.25, -0.2) is 0 Å². The molecule has 0 aromatic carbocycles. The molecule has 1 atom stereocenters. The Balaban J connectivity index is 1.79. The van der Waals surface area contributed by atoms with Gasteiger partial charge in [0.15, 0.2) is 0 Å². The number of piperazine rings is 1. The number of carbonyl (C=O) groups excluding carboxylic acids is 1. The van der Waals surface area contributed by atoms with E-state index in [9.17, 15) is 13.2 Å². The third kappa shape index (κ3) is 4.41. The maximum Gasteiger partial charge on any atom is 0.282 e. The van der Waals surface area contributed by atoms with Gasteiger partial charge < -0.3 is 5.32 Å². The lowest BCUT2D eigenvalue weighted by Crippen LogP contribution is -2.54. The van der Waals surface area contributed by atoms with Gasteiger partial charge in [0.2, 0.25) is 5.91 Å². The largest absolute Gasteiger partial charge is 0.353 e. The van der Waals surface area contributed by atoms with Crippen LogP contribution in [0, 0.1) is 0 Å². The maximum atomic E-state index is 12.5. The molecule has 0 aromatic rings. The average Bonchev–Trinajstić information content (AvgIpc) is 3.02. The van der Waals surface area contributed by atoms with Gasteiger partial charge in [0.25, 0.3) is 10.2 Å². The van der Waals surface area contributed by atoms with E-state index in [-0.39, 0.29) is 11.9 Å². The highest BCUT2D eigenvalue weighted by atomic mass is 32.2. The third-order valence-electron chi connectivity index (χ3n) is 4.44. The van der Waals surface area contributed by atoms with E-state index in [4.69, 9.17) is 0 Å². The van der Waals surface area contributed by atoms with Crippen LogP contribution < -0.4 is 5.32 Å². The number of hydrogen-bond donors (Lipinski definition) is 1. The van der Waals surface area contributed by atoms with E-state index in [0.717, 1.165) is 19.3 Å². The lowest BCUT2D eigenvalue weighted by atomic mass is 10.2. The zero-order valence-electron chi connectivity index (χ0n) is 13.6. The van der Waals surface area contributed by atoms with Crippen molar-refractivity contribution in [3.63, 3.8) is 0 Å². The fourth-order valence-corrected chi connectivity index (χ4v) is 4.50. The van der Waals surface area contributed by atoms with Crippen LogP contribution in [0.4, 0.5) is 0 Å². The Morgan fingerprint density at radius 3 is 2.14 bits per heavy atom. The van der Waals surface area contributed by atoms with Crippen molar-refractivity contribution >= 4 is 16.1 Å². The molecule has 0 aliphatic carbocycles. The molecule has 0 unspecified atom stereocenters. The molecular formula is C14H28N4O3S. The van der Waals surface area contributed by atoms with E-state index in [0.29, 0.717) is 45.8 Å². The molecule has 2 heterocycles. The summed E-state index contributed by atoms with van der Waals surface area (Å²) in [5.41, 5.74) is 0. The van der Waals surface area contributed by atoms with Gasteiger partial charge in [-0.15, -0.1) is 0 Å². The predicted octanol–water partition coefficient (Wildman–Crippen LogP) is -0.141. The third-order valence-corrected chi connectivity index (χ3v) is 6.47. The highest BCUT2D eigenvalue weighted by molar-refractivity contribution is 7.86. The van der Waals surface area contributed by atoms with Crippen molar-refractivity contribution in [3.05, 3.63) is 0 Å². The smallest absolute Gasteiger partial charge is 0.282 e. The number of amides is 1. The number of rotatable bonds is 6. The van der Waals surface area contributed by atoms with Crippen molar-refractivity contribution in [2.75, 3.05) is 45.8 Å². The Kier molecular flexibility index (Phi) is 6.19. The molecule has 0 bridgehead atoms. The topological polar surface area (TPSA) is 73.0 Å². The zero-order valence-corrected chi connectivity index (χ0v) is 14.4. The molecule has 0 aromatic heterocycles. The molecule has 0 saturated carbocycles. The molecule has 2 fully saturated rings. The first-order valence-corrected chi connectivity index (χ1v) is 9.60. The molecule has 2 aliphatic heterocycles. The van der Waals surface area contributed by atoms with Crippen LogP contribution in [-0.4, -0.2) is 79.7 Å². The molecule has 0 radical (unpaired) electrons. The first-order valence-electron chi connectivity index (χ1n) is 8.20. The van der Waals surface area contributed by atoms with Crippen LogP contribution in [0.2, 0.25) is 0 Å². The highest BCUT2D eigenvalue weighted by Crippen LogP contribution is 2.17. The molecule has 128 valence electrons. The predicted molar refractivity (Wildman–Crippen MR) is 85.6 cm³/mol. The number of nitrogens with zero attached hydrogens (tertiary/aromatic N) is 3. The normalized spacial score (nSPS) is 23.5. The fourth-order valence-electron chi connectivity index (χ4n) is 2.83. The van der Waals surface area contributed by atoms with E-state index in [1.807, 2.05) is 18.7 Å². The standard InChI is InChI=1S/C14H28N4O3S/c1-3-13(2)15-14(19)12-16-8-10-18(11-9-16)22(20,21)17-6-4-5-7-17/h13H,3-12H2,1-2H3,(H,15,19)/t13-/m1/s1. The summed E-state index contributed by atoms with van der Waals surface area (Å²) in [6.07, 6.45) is 2.82. The Labute approximate surface area is 133 Å². The van der Waals surface area contributed by atoms with Crippen molar-refractivity contribution in [2.24, 2.45) is 0 Å². The molecular weight excluding hydrogens is 304 g/mol. The van der Waals surface area contributed by atoms with E-state index in [2.05, 4.69) is 5.32 Å². The summed E-state index contributed by atoms with van der Waals surface area (Å²) in [7, 11) is -3.30. The van der Waals surface area contributed by atoms with Crippen molar-refractivity contribution < 1.29 is 13.2 Å². The van der Waals surface area contributed by atoms with E-state index in [1.165, 1.54) is 0 Å². The van der Waals surface area contributed by atoms with Crippen molar-refractivity contribution in [1.82, 2.24) is 18.8 Å². The first-order chi connectivity index (χ1) is 10.4. The SMILES string of the molecule is CC[C@@H](C)NC(=O)CN1CCN(S(=O)(=O)N2CCCC2)CC1. The second kappa shape index (κ2) is 7.72. The minimum absolute atomic E-state index is 0.0187.